The van der Waals surface area contributed by atoms with Gasteiger partial charge in [-0.2, -0.15) is 0 Å². The maximum atomic E-state index is 12.8. The molecule has 6 nitrogen and oxygen atoms in total. The SMILES string of the molecule is CCN(CCCCC1Cc2cc(OC)c(OC)cc2C1=O)C(O)(O)c1ccccc1. The predicted molar refractivity (Wildman–Crippen MR) is 115 cm³/mol. The minimum absolute atomic E-state index is 0.0472. The average molecular weight is 414 g/mol. The number of ketones is 1. The van der Waals surface area contributed by atoms with Crippen LogP contribution < -0.4 is 9.47 Å². The van der Waals surface area contributed by atoms with E-state index >= 15 is 0 Å². The standard InChI is InChI=1S/C24H31NO5/c1-4-25(24(27,28)19-11-6-5-7-12-19)13-9-8-10-17-14-18-15-21(29-2)22(30-3)16-20(18)23(17)26/h5-7,11-12,15-17,27-28H,4,8-10,13-14H2,1-3H3. The molecule has 0 aromatic heterocycles. The summed E-state index contributed by atoms with van der Waals surface area (Å²) in [4.78, 5) is 14.4. The number of fused-ring (bicyclic) bond motifs is 1. The first-order valence-electron chi connectivity index (χ1n) is 10.5. The van der Waals surface area contributed by atoms with Gasteiger partial charge in [-0.1, -0.05) is 43.7 Å². The number of rotatable bonds is 10. The molecule has 1 aliphatic carbocycles. The van der Waals surface area contributed by atoms with Crippen LogP contribution in [-0.2, 0) is 12.3 Å². The average Bonchev–Trinajstić information content (AvgIpc) is 3.07. The monoisotopic (exact) mass is 413 g/mol. The third-order valence-corrected chi connectivity index (χ3v) is 5.93. The van der Waals surface area contributed by atoms with Crippen molar-refractivity contribution < 1.29 is 24.5 Å². The van der Waals surface area contributed by atoms with Crippen LogP contribution in [0, 0.1) is 5.92 Å². The molecule has 0 amide bonds. The largest absolute Gasteiger partial charge is 0.493 e. The second-order valence-corrected chi connectivity index (χ2v) is 7.71. The maximum absolute atomic E-state index is 12.8. The van der Waals surface area contributed by atoms with Gasteiger partial charge in [0.25, 0.3) is 5.91 Å². The summed E-state index contributed by atoms with van der Waals surface area (Å²) < 4.78 is 10.7. The minimum Gasteiger partial charge on any atom is -0.493 e. The van der Waals surface area contributed by atoms with E-state index < -0.39 is 5.91 Å². The topological polar surface area (TPSA) is 79.2 Å². The van der Waals surface area contributed by atoms with E-state index in [4.69, 9.17) is 9.47 Å². The number of nitrogens with zero attached hydrogens (tertiary/aromatic N) is 1. The Balaban J connectivity index is 1.56. The second kappa shape index (κ2) is 9.60. The highest BCUT2D eigenvalue weighted by atomic mass is 16.5. The van der Waals surface area contributed by atoms with E-state index in [0.717, 1.165) is 30.4 Å². The summed E-state index contributed by atoms with van der Waals surface area (Å²) >= 11 is 0. The first-order chi connectivity index (χ1) is 14.4. The number of hydrogen-bond donors (Lipinski definition) is 2. The molecule has 0 aliphatic heterocycles. The molecule has 2 aromatic carbocycles. The Bertz CT molecular complexity index is 865. The minimum atomic E-state index is -2.00. The smallest absolute Gasteiger partial charge is 0.253 e. The van der Waals surface area contributed by atoms with Gasteiger partial charge >= 0.3 is 0 Å². The molecular formula is C24H31NO5. The zero-order chi connectivity index (χ0) is 21.7. The van der Waals surface area contributed by atoms with Crippen molar-refractivity contribution in [2.24, 2.45) is 5.92 Å². The molecule has 0 bridgehead atoms. The van der Waals surface area contributed by atoms with Gasteiger partial charge in [-0.05, 0) is 37.0 Å². The Morgan fingerprint density at radius 2 is 1.73 bits per heavy atom. The van der Waals surface area contributed by atoms with Crippen LogP contribution in [0.3, 0.4) is 0 Å². The third-order valence-electron chi connectivity index (χ3n) is 5.93. The summed E-state index contributed by atoms with van der Waals surface area (Å²) in [5.74, 6) is -0.670. The van der Waals surface area contributed by atoms with Crippen LogP contribution in [0.2, 0.25) is 0 Å². The molecule has 2 aromatic rings. The number of methoxy groups -OCH3 is 2. The zero-order valence-electron chi connectivity index (χ0n) is 17.9. The van der Waals surface area contributed by atoms with E-state index in [1.807, 2.05) is 19.1 Å². The molecule has 162 valence electrons. The number of Topliss-reactive ketones (excluding diaryl/α,β-unsaturated/α-hetero) is 1. The zero-order valence-corrected chi connectivity index (χ0v) is 17.9. The fourth-order valence-electron chi connectivity index (χ4n) is 4.20. The van der Waals surface area contributed by atoms with Gasteiger partial charge in [0.05, 0.1) is 14.2 Å². The number of carbonyl (C=O) groups excluding carboxylic acids is 1. The Hall–Kier alpha value is -2.41. The number of unbranched alkanes of at least 4 members (excludes halogenated alkanes) is 1. The molecule has 0 spiro atoms. The fraction of sp³-hybridized carbons (Fsp3) is 0.458. The van der Waals surface area contributed by atoms with Gasteiger partial charge in [-0.25, -0.2) is 4.90 Å². The molecule has 3 rings (SSSR count). The number of aliphatic hydroxyl groups is 2. The van der Waals surface area contributed by atoms with Crippen molar-refractivity contribution in [1.82, 2.24) is 4.90 Å². The molecule has 1 atom stereocenters. The van der Waals surface area contributed by atoms with E-state index in [-0.39, 0.29) is 11.7 Å². The van der Waals surface area contributed by atoms with Gasteiger partial charge in [0.1, 0.15) is 0 Å². The van der Waals surface area contributed by atoms with Crippen LogP contribution in [0.5, 0.6) is 11.5 Å². The van der Waals surface area contributed by atoms with Gasteiger partial charge < -0.3 is 19.7 Å². The lowest BCUT2D eigenvalue weighted by Gasteiger charge is -2.34. The first-order valence-corrected chi connectivity index (χ1v) is 10.5. The lowest BCUT2D eigenvalue weighted by molar-refractivity contribution is -0.274. The number of ether oxygens (including phenoxy) is 2. The van der Waals surface area contributed by atoms with Crippen molar-refractivity contribution in [3.8, 4) is 11.5 Å². The summed E-state index contributed by atoms with van der Waals surface area (Å²) in [5.41, 5.74) is 2.18. The quantitative estimate of drug-likeness (QED) is 0.459. The van der Waals surface area contributed by atoms with Crippen molar-refractivity contribution in [3.63, 3.8) is 0 Å². The van der Waals surface area contributed by atoms with Crippen LogP contribution in [-0.4, -0.2) is 48.2 Å². The van der Waals surface area contributed by atoms with E-state index in [2.05, 4.69) is 0 Å². The Morgan fingerprint density at radius 1 is 1.07 bits per heavy atom. The highest BCUT2D eigenvalue weighted by Gasteiger charge is 2.34. The molecule has 1 unspecified atom stereocenters. The summed E-state index contributed by atoms with van der Waals surface area (Å²) in [6.45, 7) is 2.95. The van der Waals surface area contributed by atoms with E-state index in [0.29, 0.717) is 36.6 Å². The van der Waals surface area contributed by atoms with E-state index in [1.165, 1.54) is 0 Å². The molecule has 6 heteroatoms. The van der Waals surface area contributed by atoms with Crippen molar-refractivity contribution in [1.29, 1.82) is 0 Å². The van der Waals surface area contributed by atoms with Gasteiger partial charge in [-0.15, -0.1) is 0 Å². The third kappa shape index (κ3) is 4.51. The van der Waals surface area contributed by atoms with Crippen LogP contribution in [0.25, 0.3) is 0 Å². The van der Waals surface area contributed by atoms with Crippen molar-refractivity contribution in [3.05, 3.63) is 59.2 Å². The van der Waals surface area contributed by atoms with Gasteiger partial charge in [0.2, 0.25) is 0 Å². The molecule has 0 heterocycles. The number of hydrogen-bond acceptors (Lipinski definition) is 6. The summed E-state index contributed by atoms with van der Waals surface area (Å²) in [7, 11) is 3.16. The Labute approximate surface area is 178 Å². The molecule has 0 radical (unpaired) electrons. The van der Waals surface area contributed by atoms with Crippen LogP contribution in [0.15, 0.2) is 42.5 Å². The Morgan fingerprint density at radius 3 is 2.37 bits per heavy atom. The Kier molecular flexibility index (Phi) is 7.13. The fourth-order valence-corrected chi connectivity index (χ4v) is 4.20. The predicted octanol–water partition coefficient (Wildman–Crippen LogP) is 3.35. The second-order valence-electron chi connectivity index (χ2n) is 7.71. The summed E-state index contributed by atoms with van der Waals surface area (Å²) in [6, 6.07) is 12.5. The highest BCUT2D eigenvalue weighted by molar-refractivity contribution is 6.02. The number of benzene rings is 2. The molecule has 2 N–H and O–H groups in total. The van der Waals surface area contributed by atoms with E-state index in [1.54, 1.807) is 49.5 Å². The molecule has 30 heavy (non-hydrogen) atoms. The summed E-state index contributed by atoms with van der Waals surface area (Å²) in [6.07, 6.45) is 3.08. The lowest BCUT2D eigenvalue weighted by atomic mass is 9.97. The van der Waals surface area contributed by atoms with Crippen molar-refractivity contribution in [2.75, 3.05) is 27.3 Å². The van der Waals surface area contributed by atoms with Crippen LogP contribution in [0.1, 0.15) is 47.7 Å². The molecule has 0 saturated carbocycles. The maximum Gasteiger partial charge on any atom is 0.253 e. The number of carbonyl (C=O) groups is 1. The highest BCUT2D eigenvalue weighted by Crippen LogP contribution is 2.38. The summed E-state index contributed by atoms with van der Waals surface area (Å²) in [5, 5.41) is 21.2. The molecule has 0 saturated heterocycles. The molecule has 0 fully saturated rings. The molecule has 1 aliphatic rings. The van der Waals surface area contributed by atoms with Crippen molar-refractivity contribution >= 4 is 5.78 Å². The lowest BCUT2D eigenvalue weighted by Crippen LogP contribution is -2.46. The van der Waals surface area contributed by atoms with Gasteiger partial charge in [-0.3, -0.25) is 4.79 Å². The van der Waals surface area contributed by atoms with Gasteiger partial charge in [0, 0.05) is 30.1 Å². The van der Waals surface area contributed by atoms with Crippen molar-refractivity contribution in [2.45, 2.75) is 38.5 Å². The van der Waals surface area contributed by atoms with Gasteiger partial charge in [0.15, 0.2) is 17.3 Å². The van der Waals surface area contributed by atoms with E-state index in [9.17, 15) is 15.0 Å². The first kappa shape index (κ1) is 22.3. The van der Waals surface area contributed by atoms with Crippen LogP contribution in [0.4, 0.5) is 0 Å². The molecular weight excluding hydrogens is 382 g/mol. The normalized spacial score (nSPS) is 16.1. The van der Waals surface area contributed by atoms with Crippen LogP contribution >= 0.6 is 0 Å².